The maximum atomic E-state index is 10.4. The van der Waals surface area contributed by atoms with Crippen molar-refractivity contribution in [1.29, 1.82) is 0 Å². The highest BCUT2D eigenvalue weighted by molar-refractivity contribution is 6.88. The zero-order valence-electron chi connectivity index (χ0n) is 12.6. The molecule has 2 rings (SSSR count). The summed E-state index contributed by atoms with van der Waals surface area (Å²) in [4.78, 5) is 0. The molecule has 2 aromatic rings. The van der Waals surface area contributed by atoms with Gasteiger partial charge in [-0.25, -0.2) is 0 Å². The van der Waals surface area contributed by atoms with Gasteiger partial charge in [0.05, 0.1) is 15.2 Å². The highest BCUT2D eigenvalue weighted by Crippen LogP contribution is 2.23. The second-order valence-corrected chi connectivity index (χ2v) is 11.1. The maximum Gasteiger partial charge on any atom is 0.118 e. The van der Waals surface area contributed by atoms with Gasteiger partial charge in [-0.3, -0.25) is 0 Å². The second-order valence-electron chi connectivity index (χ2n) is 6.05. The Morgan fingerprint density at radius 2 is 1.30 bits per heavy atom. The van der Waals surface area contributed by atoms with E-state index in [1.54, 1.807) is 7.11 Å². The number of aliphatic hydroxyl groups is 1. The normalized spacial score (nSPS) is 13.1. The molecule has 1 unspecified atom stereocenters. The zero-order chi connectivity index (χ0) is 14.8. The highest BCUT2D eigenvalue weighted by atomic mass is 28.3. The molecule has 106 valence electrons. The lowest BCUT2D eigenvalue weighted by Crippen LogP contribution is -2.37. The maximum absolute atomic E-state index is 10.4. The Morgan fingerprint density at radius 3 is 1.70 bits per heavy atom. The second kappa shape index (κ2) is 5.81. The molecule has 2 aromatic carbocycles. The first-order valence-corrected chi connectivity index (χ1v) is 10.3. The van der Waals surface area contributed by atoms with Crippen molar-refractivity contribution in [2.45, 2.75) is 25.7 Å². The first kappa shape index (κ1) is 14.8. The van der Waals surface area contributed by atoms with Crippen molar-refractivity contribution >= 4 is 13.3 Å². The molecule has 0 heterocycles. The van der Waals surface area contributed by atoms with Gasteiger partial charge in [-0.2, -0.15) is 0 Å². The molecule has 1 atom stereocenters. The van der Waals surface area contributed by atoms with Gasteiger partial charge >= 0.3 is 0 Å². The fourth-order valence-electron chi connectivity index (χ4n) is 2.14. The minimum Gasteiger partial charge on any atom is -0.497 e. The summed E-state index contributed by atoms with van der Waals surface area (Å²) < 4.78 is 5.13. The van der Waals surface area contributed by atoms with Crippen LogP contribution < -0.4 is 9.92 Å². The Bertz CT molecular complexity index is 553. The van der Waals surface area contributed by atoms with Crippen LogP contribution in [-0.2, 0) is 0 Å². The van der Waals surface area contributed by atoms with E-state index in [0.717, 1.165) is 16.9 Å². The Balaban J connectivity index is 2.22. The van der Waals surface area contributed by atoms with Crippen molar-refractivity contribution in [3.8, 4) is 5.75 Å². The highest BCUT2D eigenvalue weighted by Gasteiger charge is 2.17. The van der Waals surface area contributed by atoms with E-state index in [1.165, 1.54) is 5.19 Å². The fourth-order valence-corrected chi connectivity index (χ4v) is 3.31. The molecule has 20 heavy (non-hydrogen) atoms. The lowest BCUT2D eigenvalue weighted by atomic mass is 10.0. The first-order valence-electron chi connectivity index (χ1n) is 6.84. The van der Waals surface area contributed by atoms with Gasteiger partial charge in [0.2, 0.25) is 0 Å². The molecule has 0 bridgehead atoms. The number of benzene rings is 2. The Morgan fingerprint density at radius 1 is 0.850 bits per heavy atom. The van der Waals surface area contributed by atoms with Gasteiger partial charge in [0.15, 0.2) is 0 Å². The third kappa shape index (κ3) is 3.29. The minimum atomic E-state index is -1.28. The van der Waals surface area contributed by atoms with Crippen molar-refractivity contribution in [3.05, 3.63) is 59.7 Å². The van der Waals surface area contributed by atoms with Crippen LogP contribution in [0.5, 0.6) is 5.75 Å². The van der Waals surface area contributed by atoms with Gasteiger partial charge in [-0.1, -0.05) is 61.2 Å². The monoisotopic (exact) mass is 286 g/mol. The minimum absolute atomic E-state index is 0.586. The van der Waals surface area contributed by atoms with Crippen LogP contribution in [-0.4, -0.2) is 20.3 Å². The summed E-state index contributed by atoms with van der Waals surface area (Å²) in [5.74, 6) is 0.801. The van der Waals surface area contributed by atoms with Crippen molar-refractivity contribution in [3.63, 3.8) is 0 Å². The smallest absolute Gasteiger partial charge is 0.118 e. The van der Waals surface area contributed by atoms with Gasteiger partial charge < -0.3 is 9.84 Å². The molecular formula is C17H22O2Si. The van der Waals surface area contributed by atoms with Crippen LogP contribution in [0.15, 0.2) is 48.5 Å². The SMILES string of the molecule is COc1ccc(C(O)c2ccc([Si](C)(C)C)cc2)cc1. The molecule has 0 aliphatic rings. The number of hydrogen-bond acceptors (Lipinski definition) is 2. The molecule has 0 radical (unpaired) electrons. The summed E-state index contributed by atoms with van der Waals surface area (Å²) in [5.41, 5.74) is 1.81. The third-order valence-electron chi connectivity index (χ3n) is 3.52. The molecule has 0 saturated carbocycles. The Labute approximate surface area is 122 Å². The van der Waals surface area contributed by atoms with Gasteiger partial charge in [-0.05, 0) is 23.3 Å². The van der Waals surface area contributed by atoms with E-state index >= 15 is 0 Å². The molecule has 0 aliphatic heterocycles. The van der Waals surface area contributed by atoms with Crippen LogP contribution in [0.1, 0.15) is 17.2 Å². The number of ether oxygens (including phenoxy) is 1. The van der Waals surface area contributed by atoms with Crippen LogP contribution in [0, 0.1) is 0 Å². The molecule has 0 saturated heterocycles. The number of hydrogen-bond donors (Lipinski definition) is 1. The summed E-state index contributed by atoms with van der Waals surface area (Å²) in [6.07, 6.45) is -0.586. The predicted molar refractivity (Wildman–Crippen MR) is 86.5 cm³/mol. The van der Waals surface area contributed by atoms with Crippen LogP contribution in [0.3, 0.4) is 0 Å². The lowest BCUT2D eigenvalue weighted by Gasteiger charge is -2.18. The van der Waals surface area contributed by atoms with Gasteiger partial charge in [0, 0.05) is 0 Å². The van der Waals surface area contributed by atoms with Crippen molar-refractivity contribution in [2.24, 2.45) is 0 Å². The van der Waals surface area contributed by atoms with E-state index in [2.05, 4.69) is 31.8 Å². The molecule has 0 fully saturated rings. The first-order chi connectivity index (χ1) is 9.41. The topological polar surface area (TPSA) is 29.5 Å². The van der Waals surface area contributed by atoms with Crippen LogP contribution >= 0.6 is 0 Å². The van der Waals surface area contributed by atoms with Gasteiger partial charge in [0.25, 0.3) is 0 Å². The van der Waals surface area contributed by atoms with Gasteiger partial charge in [0.1, 0.15) is 11.9 Å². The standard InChI is InChI=1S/C17H22O2Si/c1-19-15-9-5-13(6-10-15)17(18)14-7-11-16(12-8-14)20(2,3)4/h5-12,17-18H,1-4H3. The summed E-state index contributed by atoms with van der Waals surface area (Å²) in [6, 6.07) is 15.9. The largest absolute Gasteiger partial charge is 0.497 e. The third-order valence-corrected chi connectivity index (χ3v) is 5.59. The average Bonchev–Trinajstić information content (AvgIpc) is 2.46. The fraction of sp³-hybridized carbons (Fsp3) is 0.294. The zero-order valence-corrected chi connectivity index (χ0v) is 13.6. The average molecular weight is 286 g/mol. The summed E-state index contributed by atoms with van der Waals surface area (Å²) in [7, 11) is 0.359. The predicted octanol–water partition coefficient (Wildman–Crippen LogP) is 3.32. The van der Waals surface area contributed by atoms with Crippen molar-refractivity contribution in [1.82, 2.24) is 0 Å². The van der Waals surface area contributed by atoms with Crippen molar-refractivity contribution in [2.75, 3.05) is 7.11 Å². The van der Waals surface area contributed by atoms with Crippen LogP contribution in [0.25, 0.3) is 0 Å². The van der Waals surface area contributed by atoms with E-state index in [0.29, 0.717) is 0 Å². The molecule has 0 aliphatic carbocycles. The number of rotatable bonds is 4. The van der Waals surface area contributed by atoms with Crippen LogP contribution in [0.4, 0.5) is 0 Å². The summed E-state index contributed by atoms with van der Waals surface area (Å²) >= 11 is 0. The molecule has 3 heteroatoms. The molecule has 0 spiro atoms. The molecule has 1 N–H and O–H groups in total. The number of aliphatic hydroxyl groups excluding tert-OH is 1. The Hall–Kier alpha value is -1.58. The van der Waals surface area contributed by atoms with E-state index in [4.69, 9.17) is 4.74 Å². The van der Waals surface area contributed by atoms with E-state index in [9.17, 15) is 5.11 Å². The molecule has 2 nitrogen and oxygen atoms in total. The van der Waals surface area contributed by atoms with Crippen molar-refractivity contribution < 1.29 is 9.84 Å². The molecule has 0 amide bonds. The lowest BCUT2D eigenvalue weighted by molar-refractivity contribution is 0.220. The van der Waals surface area contributed by atoms with E-state index < -0.39 is 14.2 Å². The quantitative estimate of drug-likeness (QED) is 0.874. The summed E-state index contributed by atoms with van der Waals surface area (Å²) in [6.45, 7) is 6.96. The van der Waals surface area contributed by atoms with Gasteiger partial charge in [-0.15, -0.1) is 0 Å². The van der Waals surface area contributed by atoms with Crippen LogP contribution in [0.2, 0.25) is 19.6 Å². The molecular weight excluding hydrogens is 264 g/mol. The number of methoxy groups -OCH3 is 1. The summed E-state index contributed by atoms with van der Waals surface area (Å²) in [5, 5.41) is 11.8. The van der Waals surface area contributed by atoms with E-state index in [1.807, 2.05) is 36.4 Å². The Kier molecular flexibility index (Phi) is 4.31. The molecule has 0 aromatic heterocycles. The van der Waals surface area contributed by atoms with E-state index in [-0.39, 0.29) is 0 Å².